The summed E-state index contributed by atoms with van der Waals surface area (Å²) in [7, 11) is 0. The molecule has 0 saturated heterocycles. The fraction of sp³-hybridized carbons (Fsp3) is 0.0714. The van der Waals surface area contributed by atoms with Crippen molar-refractivity contribution in [1.29, 1.82) is 0 Å². The van der Waals surface area contributed by atoms with E-state index in [1.807, 2.05) is 37.3 Å². The molecule has 0 bridgehead atoms. The molecule has 0 amide bonds. The lowest BCUT2D eigenvalue weighted by Gasteiger charge is -2.03. The zero-order chi connectivity index (χ0) is 13.2. The van der Waals surface area contributed by atoms with Gasteiger partial charge in [0.05, 0.1) is 5.52 Å². The van der Waals surface area contributed by atoms with E-state index < -0.39 is 0 Å². The number of rotatable bonds is 2. The molecule has 19 heavy (non-hydrogen) atoms. The Morgan fingerprint density at radius 1 is 1.05 bits per heavy atom. The Labute approximate surface area is 115 Å². The second-order valence-electron chi connectivity index (χ2n) is 4.25. The maximum Gasteiger partial charge on any atom is 0.193 e. The fourth-order valence-corrected chi connectivity index (χ4v) is 2.39. The van der Waals surface area contributed by atoms with Crippen LogP contribution in [0, 0.1) is 6.92 Å². The Morgan fingerprint density at radius 3 is 2.63 bits per heavy atom. The second kappa shape index (κ2) is 4.85. The number of pyridine rings is 1. The van der Waals surface area contributed by atoms with Crippen LogP contribution in [0.25, 0.3) is 10.9 Å². The Balaban J connectivity index is 1.93. The number of benzene rings is 1. The minimum absolute atomic E-state index is 0.702. The van der Waals surface area contributed by atoms with Crippen molar-refractivity contribution in [3.63, 3.8) is 0 Å². The molecule has 5 heteroatoms. The third-order valence-corrected chi connectivity index (χ3v) is 3.47. The highest BCUT2D eigenvalue weighted by Gasteiger charge is 2.03. The quantitative estimate of drug-likeness (QED) is 0.571. The van der Waals surface area contributed by atoms with Crippen LogP contribution in [0.5, 0.6) is 0 Å². The van der Waals surface area contributed by atoms with Crippen molar-refractivity contribution in [2.24, 2.45) is 0 Å². The molecule has 0 saturated carbocycles. The first kappa shape index (κ1) is 11.9. The maximum atomic E-state index is 5.75. The van der Waals surface area contributed by atoms with Gasteiger partial charge in [-0.1, -0.05) is 6.07 Å². The van der Waals surface area contributed by atoms with Crippen LogP contribution in [0.3, 0.4) is 0 Å². The van der Waals surface area contributed by atoms with Crippen molar-refractivity contribution in [2.75, 3.05) is 5.73 Å². The van der Waals surface area contributed by atoms with Gasteiger partial charge in [-0.25, -0.2) is 15.0 Å². The Hall–Kier alpha value is -2.14. The van der Waals surface area contributed by atoms with Crippen molar-refractivity contribution in [3.05, 3.63) is 48.3 Å². The topological polar surface area (TPSA) is 64.7 Å². The van der Waals surface area contributed by atoms with Crippen LogP contribution < -0.4 is 5.73 Å². The van der Waals surface area contributed by atoms with E-state index >= 15 is 0 Å². The number of hydrogen-bond acceptors (Lipinski definition) is 5. The van der Waals surface area contributed by atoms with Crippen molar-refractivity contribution in [1.82, 2.24) is 15.0 Å². The lowest BCUT2D eigenvalue weighted by atomic mass is 10.2. The first-order valence-electron chi connectivity index (χ1n) is 5.83. The molecular formula is C14H12N4S. The summed E-state index contributed by atoms with van der Waals surface area (Å²) in [6.07, 6.45) is 3.61. The van der Waals surface area contributed by atoms with Crippen LogP contribution in [0.15, 0.2) is 52.9 Å². The van der Waals surface area contributed by atoms with Gasteiger partial charge in [0.1, 0.15) is 5.03 Å². The summed E-state index contributed by atoms with van der Waals surface area (Å²) in [5.41, 5.74) is 8.46. The largest absolute Gasteiger partial charge is 0.399 e. The van der Waals surface area contributed by atoms with Gasteiger partial charge in [-0.15, -0.1) is 0 Å². The third-order valence-electron chi connectivity index (χ3n) is 2.64. The van der Waals surface area contributed by atoms with Crippen LogP contribution in [0.1, 0.15) is 5.56 Å². The van der Waals surface area contributed by atoms with Crippen LogP contribution in [0.2, 0.25) is 0 Å². The summed E-state index contributed by atoms with van der Waals surface area (Å²) >= 11 is 1.45. The predicted octanol–water partition coefficient (Wildman–Crippen LogP) is 3.07. The lowest BCUT2D eigenvalue weighted by molar-refractivity contribution is 0.946. The Morgan fingerprint density at radius 2 is 1.84 bits per heavy atom. The summed E-state index contributed by atoms with van der Waals surface area (Å²) in [5.74, 6) is 0. The summed E-state index contributed by atoms with van der Waals surface area (Å²) in [5, 5.41) is 2.61. The highest BCUT2D eigenvalue weighted by Crippen LogP contribution is 2.25. The number of aryl methyl sites for hydroxylation is 1. The summed E-state index contributed by atoms with van der Waals surface area (Å²) in [4.78, 5) is 13.1. The molecule has 0 aliphatic rings. The molecule has 4 nitrogen and oxygen atoms in total. The second-order valence-corrected chi connectivity index (χ2v) is 5.23. The maximum absolute atomic E-state index is 5.75. The molecule has 94 valence electrons. The van der Waals surface area contributed by atoms with Gasteiger partial charge in [0, 0.05) is 23.5 Å². The van der Waals surface area contributed by atoms with Gasteiger partial charge in [-0.3, -0.25) is 0 Å². The highest BCUT2D eigenvalue weighted by molar-refractivity contribution is 7.99. The molecule has 0 radical (unpaired) electrons. The van der Waals surface area contributed by atoms with Gasteiger partial charge in [0.2, 0.25) is 0 Å². The zero-order valence-electron chi connectivity index (χ0n) is 10.4. The van der Waals surface area contributed by atoms with Crippen LogP contribution >= 0.6 is 11.8 Å². The van der Waals surface area contributed by atoms with Gasteiger partial charge in [0.25, 0.3) is 0 Å². The van der Waals surface area contributed by atoms with Gasteiger partial charge in [0.15, 0.2) is 5.16 Å². The van der Waals surface area contributed by atoms with Gasteiger partial charge in [-0.2, -0.15) is 0 Å². The van der Waals surface area contributed by atoms with E-state index in [-0.39, 0.29) is 0 Å². The third kappa shape index (κ3) is 2.66. The van der Waals surface area contributed by atoms with Gasteiger partial charge < -0.3 is 5.73 Å². The molecule has 1 aromatic carbocycles. The van der Waals surface area contributed by atoms with Crippen LogP contribution in [-0.2, 0) is 0 Å². The van der Waals surface area contributed by atoms with E-state index in [2.05, 4.69) is 15.0 Å². The molecule has 0 unspecified atom stereocenters. The smallest absolute Gasteiger partial charge is 0.193 e. The van der Waals surface area contributed by atoms with Crippen molar-refractivity contribution in [2.45, 2.75) is 17.1 Å². The fourth-order valence-electron chi connectivity index (χ4n) is 1.71. The number of nitrogen functional groups attached to an aromatic ring is 1. The van der Waals surface area contributed by atoms with E-state index in [1.165, 1.54) is 11.8 Å². The number of anilines is 1. The molecule has 2 aromatic heterocycles. The van der Waals surface area contributed by atoms with Crippen molar-refractivity contribution < 1.29 is 0 Å². The molecule has 0 aliphatic carbocycles. The van der Waals surface area contributed by atoms with E-state index in [0.29, 0.717) is 5.16 Å². The molecule has 0 atom stereocenters. The molecular weight excluding hydrogens is 256 g/mol. The van der Waals surface area contributed by atoms with Crippen LogP contribution in [-0.4, -0.2) is 15.0 Å². The van der Waals surface area contributed by atoms with E-state index in [9.17, 15) is 0 Å². The van der Waals surface area contributed by atoms with Gasteiger partial charge in [-0.05, 0) is 48.5 Å². The average molecular weight is 268 g/mol. The summed E-state index contributed by atoms with van der Waals surface area (Å²) < 4.78 is 0. The van der Waals surface area contributed by atoms with E-state index in [4.69, 9.17) is 5.73 Å². The van der Waals surface area contributed by atoms with Crippen molar-refractivity contribution in [3.8, 4) is 0 Å². The predicted molar refractivity (Wildman–Crippen MR) is 77.0 cm³/mol. The van der Waals surface area contributed by atoms with Crippen molar-refractivity contribution >= 4 is 28.4 Å². The Bertz CT molecular complexity index is 725. The molecule has 3 aromatic rings. The summed E-state index contributed by atoms with van der Waals surface area (Å²) in [6, 6.07) is 9.65. The first-order chi connectivity index (χ1) is 9.20. The molecule has 0 fully saturated rings. The standard InChI is InChI=1S/C14H12N4S/c1-9-7-16-14(17-8-9)19-13-5-2-10-6-11(15)3-4-12(10)18-13/h2-8H,15H2,1H3. The molecule has 0 spiro atoms. The number of nitrogens with zero attached hydrogens (tertiary/aromatic N) is 3. The monoisotopic (exact) mass is 268 g/mol. The molecule has 2 heterocycles. The highest BCUT2D eigenvalue weighted by atomic mass is 32.2. The summed E-state index contributed by atoms with van der Waals surface area (Å²) in [6.45, 7) is 1.97. The van der Waals surface area contributed by atoms with Crippen LogP contribution in [0.4, 0.5) is 5.69 Å². The zero-order valence-corrected chi connectivity index (χ0v) is 11.2. The minimum atomic E-state index is 0.702. The van der Waals surface area contributed by atoms with E-state index in [0.717, 1.165) is 27.2 Å². The molecule has 3 rings (SSSR count). The molecule has 0 aliphatic heterocycles. The van der Waals surface area contributed by atoms with E-state index in [1.54, 1.807) is 12.4 Å². The number of fused-ring (bicyclic) bond motifs is 1. The minimum Gasteiger partial charge on any atom is -0.399 e. The number of aromatic nitrogens is 3. The number of nitrogens with two attached hydrogens (primary N) is 1. The Kier molecular flexibility index (Phi) is 3.05. The SMILES string of the molecule is Cc1cnc(Sc2ccc3cc(N)ccc3n2)nc1. The van der Waals surface area contributed by atoms with Gasteiger partial charge >= 0.3 is 0 Å². The first-order valence-corrected chi connectivity index (χ1v) is 6.65. The average Bonchev–Trinajstić information content (AvgIpc) is 2.42. The molecule has 2 N–H and O–H groups in total. The normalized spacial score (nSPS) is 10.8. The lowest BCUT2D eigenvalue weighted by Crippen LogP contribution is -1.89. The number of hydrogen-bond donors (Lipinski definition) is 1.